The molecule has 2 aromatic carbocycles. The Bertz CT molecular complexity index is 1160. The van der Waals surface area contributed by atoms with Gasteiger partial charge in [-0.1, -0.05) is 48.8 Å². The van der Waals surface area contributed by atoms with Crippen LogP contribution in [0, 0.1) is 11.3 Å². The van der Waals surface area contributed by atoms with Crippen LogP contribution in [0.5, 0.6) is 0 Å². The van der Waals surface area contributed by atoms with Crippen LogP contribution in [0.2, 0.25) is 0 Å². The normalized spacial score (nSPS) is 27.9. The molecule has 194 valence electrons. The third kappa shape index (κ3) is 4.62. The molecule has 0 bridgehead atoms. The summed E-state index contributed by atoms with van der Waals surface area (Å²) in [5, 5.41) is 3.88. The van der Waals surface area contributed by atoms with Gasteiger partial charge in [-0.3, -0.25) is 4.79 Å². The fourth-order valence-corrected chi connectivity index (χ4v) is 7.12. The fraction of sp³-hybridized carbons (Fsp3) is 0.552. The number of nitrogens with one attached hydrogen (secondary N) is 1. The first-order valence-corrected chi connectivity index (χ1v) is 13.8. The van der Waals surface area contributed by atoms with Gasteiger partial charge in [0.1, 0.15) is 0 Å². The predicted molar refractivity (Wildman–Crippen MR) is 139 cm³/mol. The Kier molecular flexibility index (Phi) is 6.78. The molecule has 1 N–H and O–H groups in total. The number of carbonyl (C=O) groups is 1. The standard InChI is InChI=1S/C29H34BrF3N2O/c1-17(2)28(27(36)35-11-9-19-4-5-21(29(31,32)33)13-20(19)16-35)10-8-23(15-28)34-26-12-18(3)25-14-22(30)6-7-24(25)26/h4-7,13-14,17-18,23,26,34H,8-12,15-16H2,1-3H3/t18-,23+,26+,28-/m0/s1. The molecule has 2 aliphatic carbocycles. The molecule has 0 radical (unpaired) electrons. The summed E-state index contributed by atoms with van der Waals surface area (Å²) in [6, 6.07) is 11.0. The third-order valence-corrected chi connectivity index (χ3v) is 9.39. The Morgan fingerprint density at radius 1 is 1.14 bits per heavy atom. The number of alkyl halides is 3. The van der Waals surface area contributed by atoms with Gasteiger partial charge in [0.2, 0.25) is 5.91 Å². The molecule has 36 heavy (non-hydrogen) atoms. The summed E-state index contributed by atoms with van der Waals surface area (Å²) in [6.07, 6.45) is -0.216. The molecule has 7 heteroatoms. The number of nitrogens with zero attached hydrogens (tertiary/aromatic N) is 1. The summed E-state index contributed by atoms with van der Waals surface area (Å²) in [4.78, 5) is 15.8. The Balaban J connectivity index is 1.32. The highest BCUT2D eigenvalue weighted by molar-refractivity contribution is 9.10. The molecule has 2 aromatic rings. The van der Waals surface area contributed by atoms with Crippen LogP contribution >= 0.6 is 15.9 Å². The highest BCUT2D eigenvalue weighted by atomic mass is 79.9. The molecule has 0 saturated heterocycles. The molecule has 1 amide bonds. The van der Waals surface area contributed by atoms with Crippen molar-refractivity contribution in [1.82, 2.24) is 10.2 Å². The molecule has 1 saturated carbocycles. The zero-order valence-corrected chi connectivity index (χ0v) is 22.7. The molecular formula is C29H34BrF3N2O. The van der Waals surface area contributed by atoms with Gasteiger partial charge in [0, 0.05) is 29.6 Å². The van der Waals surface area contributed by atoms with Crippen LogP contribution in [0.25, 0.3) is 0 Å². The molecule has 3 nitrogen and oxygen atoms in total. The van der Waals surface area contributed by atoms with Gasteiger partial charge in [-0.05, 0) is 90.5 Å². The topological polar surface area (TPSA) is 32.3 Å². The second-order valence-corrected chi connectivity index (χ2v) is 12.3. The minimum Gasteiger partial charge on any atom is -0.338 e. The van der Waals surface area contributed by atoms with Gasteiger partial charge in [-0.2, -0.15) is 13.2 Å². The van der Waals surface area contributed by atoms with Crippen molar-refractivity contribution >= 4 is 21.8 Å². The van der Waals surface area contributed by atoms with Crippen molar-refractivity contribution < 1.29 is 18.0 Å². The average Bonchev–Trinajstić information content (AvgIpc) is 3.39. The summed E-state index contributed by atoms with van der Waals surface area (Å²) in [5.74, 6) is 0.752. The molecule has 0 unspecified atom stereocenters. The number of amides is 1. The minimum absolute atomic E-state index is 0.106. The van der Waals surface area contributed by atoms with Gasteiger partial charge >= 0.3 is 6.18 Å². The van der Waals surface area contributed by atoms with Gasteiger partial charge in [-0.15, -0.1) is 0 Å². The van der Waals surface area contributed by atoms with E-state index in [1.54, 1.807) is 6.07 Å². The summed E-state index contributed by atoms with van der Waals surface area (Å²) in [7, 11) is 0. The summed E-state index contributed by atoms with van der Waals surface area (Å²) in [6.45, 7) is 7.32. The van der Waals surface area contributed by atoms with Crippen molar-refractivity contribution in [2.24, 2.45) is 11.3 Å². The number of carbonyl (C=O) groups excluding carboxylic acids is 1. The highest BCUT2D eigenvalue weighted by Gasteiger charge is 2.50. The molecule has 3 aliphatic rings. The van der Waals surface area contributed by atoms with E-state index in [4.69, 9.17) is 0 Å². The van der Waals surface area contributed by atoms with E-state index < -0.39 is 17.2 Å². The van der Waals surface area contributed by atoms with Crippen LogP contribution in [-0.2, 0) is 23.9 Å². The lowest BCUT2D eigenvalue weighted by atomic mass is 9.73. The molecule has 5 rings (SSSR count). The first-order valence-electron chi connectivity index (χ1n) is 13.0. The smallest absolute Gasteiger partial charge is 0.338 e. The highest BCUT2D eigenvalue weighted by Crippen LogP contribution is 2.48. The number of fused-ring (bicyclic) bond motifs is 2. The first kappa shape index (κ1) is 25.8. The maximum absolute atomic E-state index is 14.0. The Morgan fingerprint density at radius 3 is 2.64 bits per heavy atom. The van der Waals surface area contributed by atoms with Gasteiger partial charge in [-0.25, -0.2) is 0 Å². The lowest BCUT2D eigenvalue weighted by Gasteiger charge is -2.40. The number of rotatable bonds is 4. The number of halogens is 4. The lowest BCUT2D eigenvalue weighted by Crippen LogP contribution is -2.48. The van der Waals surface area contributed by atoms with Gasteiger partial charge in [0.15, 0.2) is 0 Å². The summed E-state index contributed by atoms with van der Waals surface area (Å²) >= 11 is 3.59. The zero-order valence-electron chi connectivity index (χ0n) is 21.1. The van der Waals surface area contributed by atoms with E-state index in [2.05, 4.69) is 60.2 Å². The molecule has 0 spiro atoms. The quantitative estimate of drug-likeness (QED) is 0.421. The van der Waals surface area contributed by atoms with Crippen LogP contribution in [0.4, 0.5) is 13.2 Å². The van der Waals surface area contributed by atoms with Crippen molar-refractivity contribution in [2.45, 2.75) is 83.6 Å². The Hall–Kier alpha value is -1.86. The van der Waals surface area contributed by atoms with Crippen molar-refractivity contribution in [2.75, 3.05) is 6.54 Å². The Labute approximate surface area is 220 Å². The van der Waals surface area contributed by atoms with E-state index in [1.807, 2.05) is 4.90 Å². The lowest BCUT2D eigenvalue weighted by molar-refractivity contribution is -0.145. The van der Waals surface area contributed by atoms with Gasteiger partial charge in [0.25, 0.3) is 0 Å². The van der Waals surface area contributed by atoms with Crippen molar-refractivity contribution in [3.05, 3.63) is 68.7 Å². The van der Waals surface area contributed by atoms with E-state index in [1.165, 1.54) is 17.2 Å². The summed E-state index contributed by atoms with van der Waals surface area (Å²) < 4.78 is 41.0. The molecule has 1 aliphatic heterocycles. The van der Waals surface area contributed by atoms with Gasteiger partial charge in [0.05, 0.1) is 11.0 Å². The largest absolute Gasteiger partial charge is 0.416 e. The van der Waals surface area contributed by atoms with Crippen molar-refractivity contribution in [3.8, 4) is 0 Å². The maximum atomic E-state index is 14.0. The van der Waals surface area contributed by atoms with E-state index >= 15 is 0 Å². The third-order valence-electron chi connectivity index (χ3n) is 8.90. The number of benzene rings is 2. The molecular weight excluding hydrogens is 529 g/mol. The molecule has 0 aromatic heterocycles. The van der Waals surface area contributed by atoms with Crippen LogP contribution in [-0.4, -0.2) is 23.4 Å². The summed E-state index contributed by atoms with van der Waals surface area (Å²) in [5.41, 5.74) is 3.15. The SMILES string of the molecule is CC(C)[C@]1(C(=O)N2CCc3ccc(C(F)(F)F)cc3C2)CC[C@@H](N[C@@H]2C[C@H](C)c3cc(Br)ccc32)C1. The second-order valence-electron chi connectivity index (χ2n) is 11.3. The number of hydrogen-bond acceptors (Lipinski definition) is 2. The van der Waals surface area contributed by atoms with Crippen LogP contribution in [0.15, 0.2) is 40.9 Å². The van der Waals surface area contributed by atoms with E-state index in [0.29, 0.717) is 24.4 Å². The Morgan fingerprint density at radius 2 is 1.92 bits per heavy atom. The predicted octanol–water partition coefficient (Wildman–Crippen LogP) is 7.39. The molecule has 4 atom stereocenters. The van der Waals surface area contributed by atoms with Crippen LogP contribution < -0.4 is 5.32 Å². The van der Waals surface area contributed by atoms with E-state index in [0.717, 1.165) is 41.8 Å². The van der Waals surface area contributed by atoms with Gasteiger partial charge < -0.3 is 10.2 Å². The molecule has 1 fully saturated rings. The van der Waals surface area contributed by atoms with Crippen molar-refractivity contribution in [3.63, 3.8) is 0 Å². The van der Waals surface area contributed by atoms with E-state index in [-0.39, 0.29) is 30.5 Å². The van der Waals surface area contributed by atoms with Crippen molar-refractivity contribution in [1.29, 1.82) is 0 Å². The molecule has 1 heterocycles. The average molecular weight is 564 g/mol. The number of hydrogen-bond donors (Lipinski definition) is 1. The monoisotopic (exact) mass is 562 g/mol. The van der Waals surface area contributed by atoms with Crippen LogP contribution in [0.1, 0.15) is 86.2 Å². The maximum Gasteiger partial charge on any atom is 0.416 e. The van der Waals surface area contributed by atoms with Crippen LogP contribution in [0.3, 0.4) is 0 Å². The fourth-order valence-electron chi connectivity index (χ4n) is 6.74. The minimum atomic E-state index is -4.38. The second kappa shape index (κ2) is 9.46. The first-order chi connectivity index (χ1) is 17.0. The zero-order chi connectivity index (χ0) is 25.8. The van der Waals surface area contributed by atoms with E-state index in [9.17, 15) is 18.0 Å².